The number of Topliss-reactive ketones (excluding diaryl/α,β-unsaturated/α-hetero) is 1. The van der Waals surface area contributed by atoms with Crippen LogP contribution in [0, 0.1) is 5.92 Å². The maximum Gasteiger partial charge on any atom is 0.305 e. The van der Waals surface area contributed by atoms with E-state index in [0.717, 1.165) is 68.9 Å². The molecular formula is C21H36O4. The Labute approximate surface area is 153 Å². The Kier molecular flexibility index (Phi) is 9.41. The molecule has 0 aliphatic heterocycles. The van der Waals surface area contributed by atoms with Gasteiger partial charge in [-0.15, -0.1) is 0 Å². The fourth-order valence-electron chi connectivity index (χ4n) is 3.88. The third-order valence-electron chi connectivity index (χ3n) is 5.74. The highest BCUT2D eigenvalue weighted by molar-refractivity contribution is 6.01. The Hall–Kier alpha value is -1.16. The Morgan fingerprint density at radius 1 is 1.08 bits per heavy atom. The summed E-state index contributed by atoms with van der Waals surface area (Å²) in [5.74, 6) is -0.271. The third-order valence-corrected chi connectivity index (χ3v) is 5.74. The summed E-state index contributed by atoms with van der Waals surface area (Å²) in [6.07, 6.45) is 10.0. The van der Waals surface area contributed by atoms with E-state index < -0.39 is 5.60 Å². The van der Waals surface area contributed by atoms with Gasteiger partial charge in [-0.1, -0.05) is 51.9 Å². The molecule has 144 valence electrons. The van der Waals surface area contributed by atoms with E-state index in [1.54, 1.807) is 0 Å². The van der Waals surface area contributed by atoms with Crippen LogP contribution >= 0.6 is 0 Å². The number of allylic oxidation sites excluding steroid dienone is 1. The van der Waals surface area contributed by atoms with Crippen LogP contribution in [-0.4, -0.2) is 29.6 Å². The van der Waals surface area contributed by atoms with Gasteiger partial charge in [-0.2, -0.15) is 0 Å². The summed E-state index contributed by atoms with van der Waals surface area (Å²) in [5.41, 5.74) is 0.722. The molecule has 0 aromatic carbocycles. The third kappa shape index (κ3) is 5.95. The van der Waals surface area contributed by atoms with Crippen LogP contribution in [0.3, 0.4) is 0 Å². The summed E-state index contributed by atoms with van der Waals surface area (Å²) >= 11 is 0. The summed E-state index contributed by atoms with van der Waals surface area (Å²) in [4.78, 5) is 23.6. The highest BCUT2D eigenvalue weighted by Gasteiger charge is 2.48. The van der Waals surface area contributed by atoms with Crippen molar-refractivity contribution in [1.82, 2.24) is 0 Å². The van der Waals surface area contributed by atoms with Crippen LogP contribution in [0.2, 0.25) is 0 Å². The molecule has 25 heavy (non-hydrogen) atoms. The van der Waals surface area contributed by atoms with Crippen LogP contribution in [0.4, 0.5) is 0 Å². The fourth-order valence-corrected chi connectivity index (χ4v) is 3.88. The molecule has 1 rings (SSSR count). The predicted octanol–water partition coefficient (Wildman–Crippen LogP) is 4.74. The zero-order valence-electron chi connectivity index (χ0n) is 16.5. The topological polar surface area (TPSA) is 63.6 Å². The van der Waals surface area contributed by atoms with Gasteiger partial charge in [0.15, 0.2) is 5.78 Å². The number of rotatable bonds is 12. The first-order valence-corrected chi connectivity index (χ1v) is 9.89. The fraction of sp³-hybridized carbons (Fsp3) is 0.810. The molecule has 0 heterocycles. The number of hydrogen-bond donors (Lipinski definition) is 1. The SMILES string of the molecule is CCCCC[C@]1(O)C(C)=C(C)C(=O)[C@@H]1CCCCCCCC(=O)OC. The molecule has 0 unspecified atom stereocenters. The molecule has 0 radical (unpaired) electrons. The van der Waals surface area contributed by atoms with Crippen molar-refractivity contribution < 1.29 is 19.4 Å². The number of carbonyl (C=O) groups is 2. The molecule has 1 aliphatic carbocycles. The number of esters is 1. The molecule has 1 aliphatic rings. The van der Waals surface area contributed by atoms with Gasteiger partial charge in [-0.05, 0) is 44.3 Å². The minimum atomic E-state index is -0.929. The average molecular weight is 353 g/mol. The molecule has 0 fully saturated rings. The van der Waals surface area contributed by atoms with Crippen molar-refractivity contribution in [3.05, 3.63) is 11.1 Å². The molecule has 0 aromatic rings. The minimum absolute atomic E-state index is 0.141. The summed E-state index contributed by atoms with van der Waals surface area (Å²) in [6, 6.07) is 0. The van der Waals surface area contributed by atoms with Crippen molar-refractivity contribution in [2.75, 3.05) is 7.11 Å². The van der Waals surface area contributed by atoms with Crippen molar-refractivity contribution in [1.29, 1.82) is 0 Å². The summed E-state index contributed by atoms with van der Waals surface area (Å²) < 4.78 is 4.63. The van der Waals surface area contributed by atoms with Gasteiger partial charge >= 0.3 is 5.97 Å². The average Bonchev–Trinajstić information content (AvgIpc) is 2.76. The second-order valence-electron chi connectivity index (χ2n) is 7.43. The Morgan fingerprint density at radius 3 is 2.36 bits per heavy atom. The van der Waals surface area contributed by atoms with Crippen LogP contribution in [-0.2, 0) is 14.3 Å². The molecular weight excluding hydrogens is 316 g/mol. The molecule has 2 atom stereocenters. The molecule has 0 saturated carbocycles. The number of carbonyl (C=O) groups excluding carboxylic acids is 2. The van der Waals surface area contributed by atoms with E-state index in [0.29, 0.717) is 12.8 Å². The van der Waals surface area contributed by atoms with E-state index in [9.17, 15) is 14.7 Å². The Balaban J connectivity index is 2.42. The van der Waals surface area contributed by atoms with Crippen LogP contribution in [0.5, 0.6) is 0 Å². The normalized spacial score (nSPS) is 23.4. The lowest BCUT2D eigenvalue weighted by Crippen LogP contribution is -2.38. The zero-order valence-corrected chi connectivity index (χ0v) is 16.5. The Morgan fingerprint density at radius 2 is 1.72 bits per heavy atom. The Bertz CT molecular complexity index is 480. The molecule has 0 aromatic heterocycles. The number of unbranched alkanes of at least 4 members (excludes halogenated alkanes) is 6. The quantitative estimate of drug-likeness (QED) is 0.407. The summed E-state index contributed by atoms with van der Waals surface area (Å²) in [7, 11) is 1.42. The lowest BCUT2D eigenvalue weighted by molar-refractivity contribution is -0.140. The van der Waals surface area contributed by atoms with Crippen molar-refractivity contribution >= 4 is 11.8 Å². The van der Waals surface area contributed by atoms with E-state index in [4.69, 9.17) is 0 Å². The van der Waals surface area contributed by atoms with Crippen molar-refractivity contribution in [3.63, 3.8) is 0 Å². The van der Waals surface area contributed by atoms with Gasteiger partial charge in [0, 0.05) is 6.42 Å². The number of methoxy groups -OCH3 is 1. The molecule has 0 amide bonds. The first-order chi connectivity index (χ1) is 11.9. The highest BCUT2D eigenvalue weighted by Crippen LogP contribution is 2.43. The molecule has 1 N–H and O–H groups in total. The molecule has 0 saturated heterocycles. The number of ether oxygens (including phenoxy) is 1. The molecule has 4 nitrogen and oxygen atoms in total. The van der Waals surface area contributed by atoms with Gasteiger partial charge in [0.2, 0.25) is 0 Å². The van der Waals surface area contributed by atoms with Crippen LogP contribution in [0.15, 0.2) is 11.1 Å². The van der Waals surface area contributed by atoms with Gasteiger partial charge in [0.1, 0.15) is 0 Å². The van der Waals surface area contributed by atoms with E-state index in [2.05, 4.69) is 11.7 Å². The second kappa shape index (κ2) is 10.7. The van der Waals surface area contributed by atoms with Gasteiger partial charge in [-0.3, -0.25) is 9.59 Å². The van der Waals surface area contributed by atoms with Crippen LogP contribution < -0.4 is 0 Å². The van der Waals surface area contributed by atoms with Crippen LogP contribution in [0.25, 0.3) is 0 Å². The van der Waals surface area contributed by atoms with Gasteiger partial charge < -0.3 is 9.84 Å². The number of ketones is 1. The van der Waals surface area contributed by atoms with Crippen molar-refractivity contribution in [2.24, 2.45) is 5.92 Å². The number of aliphatic hydroxyl groups is 1. The second-order valence-corrected chi connectivity index (χ2v) is 7.43. The highest BCUT2D eigenvalue weighted by atomic mass is 16.5. The maximum absolute atomic E-state index is 12.6. The van der Waals surface area contributed by atoms with E-state index in [-0.39, 0.29) is 17.7 Å². The molecule has 4 heteroatoms. The largest absolute Gasteiger partial charge is 0.469 e. The van der Waals surface area contributed by atoms with E-state index >= 15 is 0 Å². The standard InChI is InChI=1S/C21H36O4/c1-5-6-12-15-21(24)17(3)16(2)20(23)18(21)13-10-8-7-9-11-14-19(22)25-4/h18,24H,5-15H2,1-4H3/t18-,21-/m0/s1. The minimum Gasteiger partial charge on any atom is -0.469 e. The first kappa shape index (κ1) is 21.9. The van der Waals surface area contributed by atoms with Gasteiger partial charge in [0.05, 0.1) is 18.6 Å². The van der Waals surface area contributed by atoms with Gasteiger partial charge in [-0.25, -0.2) is 0 Å². The number of hydrogen-bond acceptors (Lipinski definition) is 4. The zero-order chi connectivity index (χ0) is 18.9. The summed E-state index contributed by atoms with van der Waals surface area (Å²) in [5, 5.41) is 11.2. The molecule has 0 spiro atoms. The smallest absolute Gasteiger partial charge is 0.305 e. The van der Waals surface area contributed by atoms with Crippen molar-refractivity contribution in [2.45, 2.75) is 97.0 Å². The monoisotopic (exact) mass is 352 g/mol. The van der Waals surface area contributed by atoms with Crippen LogP contribution in [0.1, 0.15) is 91.4 Å². The lowest BCUT2D eigenvalue weighted by atomic mass is 9.79. The predicted molar refractivity (Wildman–Crippen MR) is 100 cm³/mol. The van der Waals surface area contributed by atoms with E-state index in [1.807, 2.05) is 13.8 Å². The van der Waals surface area contributed by atoms with Crippen molar-refractivity contribution in [3.8, 4) is 0 Å². The maximum atomic E-state index is 12.6. The van der Waals surface area contributed by atoms with Gasteiger partial charge in [0.25, 0.3) is 0 Å². The lowest BCUT2D eigenvalue weighted by Gasteiger charge is -2.31. The first-order valence-electron chi connectivity index (χ1n) is 9.89. The van der Waals surface area contributed by atoms with E-state index in [1.165, 1.54) is 7.11 Å². The molecule has 0 bridgehead atoms. The summed E-state index contributed by atoms with van der Waals surface area (Å²) in [6.45, 7) is 5.93.